The molecule has 0 aliphatic heterocycles. The molecule has 1 aromatic carbocycles. The summed E-state index contributed by atoms with van der Waals surface area (Å²) in [6, 6.07) is 10.1. The van der Waals surface area contributed by atoms with E-state index in [0.29, 0.717) is 13.0 Å². The lowest BCUT2D eigenvalue weighted by molar-refractivity contribution is -0.121. The van der Waals surface area contributed by atoms with Crippen LogP contribution in [0.3, 0.4) is 0 Å². The Balaban J connectivity index is 1.65. The smallest absolute Gasteiger partial charge is 0.220 e. The molecule has 0 radical (unpaired) electrons. The van der Waals surface area contributed by atoms with Crippen molar-refractivity contribution in [3.05, 3.63) is 52.0 Å². The fourth-order valence-corrected chi connectivity index (χ4v) is 2.59. The second kappa shape index (κ2) is 7.04. The third kappa shape index (κ3) is 4.83. The Morgan fingerprint density at radius 1 is 1.26 bits per heavy atom. The lowest BCUT2D eigenvalue weighted by Gasteiger charge is -2.04. The van der Waals surface area contributed by atoms with Crippen LogP contribution < -0.4 is 5.32 Å². The first-order chi connectivity index (χ1) is 9.24. The number of hydrogen-bond acceptors (Lipinski definition) is 3. The highest BCUT2D eigenvalue weighted by molar-refractivity contribution is 7.09. The molecule has 0 bridgehead atoms. The van der Waals surface area contributed by atoms with Crippen molar-refractivity contribution in [3.63, 3.8) is 0 Å². The first-order valence-electron chi connectivity index (χ1n) is 6.45. The molecule has 4 heteroatoms. The number of rotatable bonds is 6. The van der Waals surface area contributed by atoms with Gasteiger partial charge in [0.15, 0.2) is 0 Å². The fourth-order valence-electron chi connectivity index (χ4n) is 1.82. The average molecular weight is 274 g/mol. The molecule has 2 rings (SSSR count). The maximum Gasteiger partial charge on any atom is 0.220 e. The number of nitrogens with zero attached hydrogens (tertiary/aromatic N) is 1. The lowest BCUT2D eigenvalue weighted by atomic mass is 10.1. The minimum atomic E-state index is 0.108. The predicted molar refractivity (Wildman–Crippen MR) is 78.3 cm³/mol. The number of carbonyl (C=O) groups excluding carboxylic acids is 1. The van der Waals surface area contributed by atoms with Crippen molar-refractivity contribution in [1.82, 2.24) is 10.3 Å². The van der Waals surface area contributed by atoms with Crippen LogP contribution in [0.15, 0.2) is 35.7 Å². The SMILES string of the molecule is Cc1csc(CCNC(=O)CCc2ccccc2)n1. The van der Waals surface area contributed by atoms with Crippen molar-refractivity contribution in [2.24, 2.45) is 0 Å². The number of hydrogen-bond donors (Lipinski definition) is 1. The summed E-state index contributed by atoms with van der Waals surface area (Å²) in [5.74, 6) is 0.108. The van der Waals surface area contributed by atoms with Gasteiger partial charge in [0.05, 0.1) is 5.01 Å². The van der Waals surface area contributed by atoms with Gasteiger partial charge in [0, 0.05) is 30.5 Å². The molecular formula is C15H18N2OS. The first-order valence-corrected chi connectivity index (χ1v) is 7.33. The molecule has 1 N–H and O–H groups in total. The normalized spacial score (nSPS) is 10.4. The van der Waals surface area contributed by atoms with Gasteiger partial charge < -0.3 is 5.32 Å². The quantitative estimate of drug-likeness (QED) is 0.880. The summed E-state index contributed by atoms with van der Waals surface area (Å²) in [6.45, 7) is 2.65. The Morgan fingerprint density at radius 3 is 2.74 bits per heavy atom. The average Bonchev–Trinajstić information content (AvgIpc) is 2.83. The van der Waals surface area contributed by atoms with E-state index >= 15 is 0 Å². The van der Waals surface area contributed by atoms with Crippen LogP contribution in [-0.2, 0) is 17.6 Å². The van der Waals surface area contributed by atoms with E-state index in [4.69, 9.17) is 0 Å². The van der Waals surface area contributed by atoms with Gasteiger partial charge in [-0.1, -0.05) is 30.3 Å². The fraction of sp³-hybridized carbons (Fsp3) is 0.333. The number of benzene rings is 1. The molecule has 2 aromatic rings. The summed E-state index contributed by atoms with van der Waals surface area (Å²) in [4.78, 5) is 16.1. The minimum Gasteiger partial charge on any atom is -0.356 e. The molecule has 1 aromatic heterocycles. The van der Waals surface area contributed by atoms with Gasteiger partial charge in [-0.2, -0.15) is 0 Å². The molecule has 0 saturated carbocycles. The van der Waals surface area contributed by atoms with Crippen LogP contribution in [0.25, 0.3) is 0 Å². The van der Waals surface area contributed by atoms with Crippen LogP contribution in [0.2, 0.25) is 0 Å². The molecule has 19 heavy (non-hydrogen) atoms. The molecule has 0 spiro atoms. The molecule has 0 saturated heterocycles. The van der Waals surface area contributed by atoms with Gasteiger partial charge in [-0.05, 0) is 18.9 Å². The number of amides is 1. The molecule has 1 amide bonds. The third-order valence-electron chi connectivity index (χ3n) is 2.81. The summed E-state index contributed by atoms with van der Waals surface area (Å²) in [6.07, 6.45) is 2.15. The maximum absolute atomic E-state index is 11.7. The van der Waals surface area contributed by atoms with Crippen molar-refractivity contribution < 1.29 is 4.79 Å². The molecular weight excluding hydrogens is 256 g/mol. The summed E-state index contributed by atoms with van der Waals surface area (Å²) in [5, 5.41) is 6.06. The second-order valence-corrected chi connectivity index (χ2v) is 5.41. The van der Waals surface area contributed by atoms with Gasteiger partial charge in [0.1, 0.15) is 0 Å². The standard InChI is InChI=1S/C15H18N2OS/c1-12-11-19-15(17-12)9-10-16-14(18)8-7-13-5-3-2-4-6-13/h2-6,11H,7-10H2,1H3,(H,16,18). The van der Waals surface area contributed by atoms with Crippen molar-refractivity contribution in [2.45, 2.75) is 26.2 Å². The van der Waals surface area contributed by atoms with Gasteiger partial charge in [0.2, 0.25) is 5.91 Å². The van der Waals surface area contributed by atoms with Crippen molar-refractivity contribution in [2.75, 3.05) is 6.54 Å². The topological polar surface area (TPSA) is 42.0 Å². The van der Waals surface area contributed by atoms with Gasteiger partial charge >= 0.3 is 0 Å². The van der Waals surface area contributed by atoms with Gasteiger partial charge in [-0.3, -0.25) is 4.79 Å². The van der Waals surface area contributed by atoms with Crippen LogP contribution in [0.4, 0.5) is 0 Å². The Bertz CT molecular complexity index is 522. The first kappa shape index (κ1) is 13.7. The molecule has 0 aliphatic carbocycles. The Kier molecular flexibility index (Phi) is 5.10. The van der Waals surface area contributed by atoms with E-state index in [0.717, 1.165) is 23.5 Å². The van der Waals surface area contributed by atoms with E-state index in [1.807, 2.05) is 42.6 Å². The van der Waals surface area contributed by atoms with Crippen LogP contribution in [0.1, 0.15) is 22.7 Å². The molecule has 0 aliphatic rings. The molecule has 0 fully saturated rings. The van der Waals surface area contributed by atoms with Crippen LogP contribution >= 0.6 is 11.3 Å². The van der Waals surface area contributed by atoms with E-state index in [1.165, 1.54) is 5.56 Å². The van der Waals surface area contributed by atoms with E-state index in [1.54, 1.807) is 11.3 Å². The van der Waals surface area contributed by atoms with E-state index < -0.39 is 0 Å². The summed E-state index contributed by atoms with van der Waals surface area (Å²) < 4.78 is 0. The molecule has 3 nitrogen and oxygen atoms in total. The van der Waals surface area contributed by atoms with Crippen LogP contribution in [0, 0.1) is 6.92 Å². The van der Waals surface area contributed by atoms with Crippen molar-refractivity contribution in [3.8, 4) is 0 Å². The van der Waals surface area contributed by atoms with Gasteiger partial charge in [0.25, 0.3) is 0 Å². The number of aryl methyl sites for hydroxylation is 2. The van der Waals surface area contributed by atoms with Crippen LogP contribution in [-0.4, -0.2) is 17.4 Å². The van der Waals surface area contributed by atoms with Crippen molar-refractivity contribution in [1.29, 1.82) is 0 Å². The third-order valence-corrected chi connectivity index (χ3v) is 3.84. The molecule has 0 atom stereocenters. The number of nitrogens with one attached hydrogen (secondary N) is 1. The highest BCUT2D eigenvalue weighted by Gasteiger charge is 2.03. The summed E-state index contributed by atoms with van der Waals surface area (Å²) in [7, 11) is 0. The molecule has 1 heterocycles. The van der Waals surface area contributed by atoms with E-state index in [2.05, 4.69) is 10.3 Å². The highest BCUT2D eigenvalue weighted by Crippen LogP contribution is 2.08. The minimum absolute atomic E-state index is 0.108. The van der Waals surface area contributed by atoms with Crippen molar-refractivity contribution >= 4 is 17.2 Å². The zero-order valence-electron chi connectivity index (χ0n) is 11.1. The monoisotopic (exact) mass is 274 g/mol. The Morgan fingerprint density at radius 2 is 2.05 bits per heavy atom. The number of carbonyl (C=O) groups is 1. The van der Waals surface area contributed by atoms with Gasteiger partial charge in [-0.15, -0.1) is 11.3 Å². The number of thiazole rings is 1. The summed E-state index contributed by atoms with van der Waals surface area (Å²) in [5.41, 5.74) is 2.25. The zero-order chi connectivity index (χ0) is 13.5. The summed E-state index contributed by atoms with van der Waals surface area (Å²) >= 11 is 1.65. The van der Waals surface area contributed by atoms with Crippen LogP contribution in [0.5, 0.6) is 0 Å². The lowest BCUT2D eigenvalue weighted by Crippen LogP contribution is -2.25. The molecule has 0 unspecified atom stereocenters. The van der Waals surface area contributed by atoms with Gasteiger partial charge in [-0.25, -0.2) is 4.98 Å². The maximum atomic E-state index is 11.7. The zero-order valence-corrected chi connectivity index (χ0v) is 11.9. The second-order valence-electron chi connectivity index (χ2n) is 4.47. The number of aromatic nitrogens is 1. The highest BCUT2D eigenvalue weighted by atomic mass is 32.1. The molecule has 100 valence electrons. The Labute approximate surface area is 117 Å². The van der Waals surface area contributed by atoms with E-state index in [-0.39, 0.29) is 5.91 Å². The predicted octanol–water partition coefficient (Wildman–Crippen LogP) is 2.74. The Hall–Kier alpha value is -1.68. The van der Waals surface area contributed by atoms with E-state index in [9.17, 15) is 4.79 Å². The largest absolute Gasteiger partial charge is 0.356 e.